The van der Waals surface area contributed by atoms with Crippen molar-refractivity contribution in [2.45, 2.75) is 113 Å². The van der Waals surface area contributed by atoms with Crippen LogP contribution >= 0.6 is 0 Å². The van der Waals surface area contributed by atoms with Gasteiger partial charge in [0.05, 0.1) is 36.2 Å². The molecule has 8 nitrogen and oxygen atoms in total. The summed E-state index contributed by atoms with van der Waals surface area (Å²) < 4.78 is 1.28. The number of aliphatic hydroxyl groups excluding tert-OH is 1. The molecule has 5 aliphatic rings. The van der Waals surface area contributed by atoms with Gasteiger partial charge in [-0.2, -0.15) is 0 Å². The summed E-state index contributed by atoms with van der Waals surface area (Å²) in [6.45, 7) is 4.95. The van der Waals surface area contributed by atoms with Crippen molar-refractivity contribution in [3.8, 4) is 0 Å². The molecule has 2 N–H and O–H groups in total. The first-order valence-corrected chi connectivity index (χ1v) is 19.9. The van der Waals surface area contributed by atoms with Gasteiger partial charge in [-0.05, 0) is 49.3 Å². The van der Waals surface area contributed by atoms with Gasteiger partial charge >= 0.3 is 0 Å². The van der Waals surface area contributed by atoms with Crippen LogP contribution in [0.15, 0.2) is 91.0 Å². The maximum atomic E-state index is 14.7. The number of likely N-dealkylation sites (tertiary alicyclic amines) is 3. The van der Waals surface area contributed by atoms with Crippen LogP contribution in [0.2, 0.25) is 0 Å². The molecule has 53 heavy (non-hydrogen) atoms. The van der Waals surface area contributed by atoms with Crippen LogP contribution < -0.4 is 22.3 Å². The van der Waals surface area contributed by atoms with Crippen molar-refractivity contribution < 1.29 is 41.0 Å². The lowest BCUT2D eigenvalue weighted by Crippen LogP contribution is -3.00. The van der Waals surface area contributed by atoms with Gasteiger partial charge in [0.2, 0.25) is 17.7 Å². The van der Waals surface area contributed by atoms with Crippen molar-refractivity contribution in [3.63, 3.8) is 0 Å². The maximum absolute atomic E-state index is 14.7. The zero-order chi connectivity index (χ0) is 35.9. The highest BCUT2D eigenvalue weighted by Crippen LogP contribution is 2.50. The van der Waals surface area contributed by atoms with E-state index in [1.807, 2.05) is 54.6 Å². The molecule has 5 atom stereocenters. The van der Waals surface area contributed by atoms with Crippen LogP contribution in [0.5, 0.6) is 0 Å². The van der Waals surface area contributed by atoms with Gasteiger partial charge < -0.3 is 41.7 Å². The van der Waals surface area contributed by atoms with Gasteiger partial charge in [-0.3, -0.25) is 14.4 Å². The van der Waals surface area contributed by atoms with Crippen molar-refractivity contribution in [3.05, 3.63) is 108 Å². The van der Waals surface area contributed by atoms with Crippen LogP contribution in [-0.2, 0) is 19.8 Å². The van der Waals surface area contributed by atoms with Crippen molar-refractivity contribution in [1.29, 1.82) is 0 Å². The fraction of sp³-hybridized carbons (Fsp3) is 0.523. The van der Waals surface area contributed by atoms with E-state index in [0.29, 0.717) is 31.5 Å². The summed E-state index contributed by atoms with van der Waals surface area (Å²) >= 11 is 0. The molecule has 3 heterocycles. The van der Waals surface area contributed by atoms with E-state index in [9.17, 15) is 19.5 Å². The third-order valence-electron chi connectivity index (χ3n) is 13.5. The second-order valence-corrected chi connectivity index (χ2v) is 16.4. The van der Waals surface area contributed by atoms with E-state index in [4.69, 9.17) is 0 Å². The van der Waals surface area contributed by atoms with E-state index in [2.05, 4.69) is 48.6 Å². The number of piperidine rings is 1. The lowest BCUT2D eigenvalue weighted by molar-refractivity contribution is -0.977. The molecule has 0 aromatic heterocycles. The highest BCUT2D eigenvalue weighted by Gasteiger charge is 2.59. The third kappa shape index (κ3) is 7.09. The number of benzene rings is 3. The van der Waals surface area contributed by atoms with Crippen LogP contribution in [-0.4, -0.2) is 99.6 Å². The monoisotopic (exact) mass is 782 g/mol. The number of carbonyl (C=O) groups excluding carboxylic acids is 3. The van der Waals surface area contributed by atoms with E-state index in [1.54, 1.807) is 9.80 Å². The van der Waals surface area contributed by atoms with Gasteiger partial charge in [0.15, 0.2) is 0 Å². The molecule has 2 saturated carbocycles. The molecular weight excluding hydrogens is 728 g/mol. The minimum Gasteiger partial charge on any atom is -1.00 e. The smallest absolute Gasteiger partial charge is 0.246 e. The third-order valence-corrected chi connectivity index (χ3v) is 13.5. The lowest BCUT2D eigenvalue weighted by Gasteiger charge is -2.51. The summed E-state index contributed by atoms with van der Waals surface area (Å²) in [7, 11) is 0. The molecule has 0 radical (unpaired) electrons. The number of quaternary nitrogens is 1. The number of carbonyl (C=O) groups is 3. The quantitative estimate of drug-likeness (QED) is 0.231. The zero-order valence-electron chi connectivity index (χ0n) is 31.0. The first-order chi connectivity index (χ1) is 25.3. The van der Waals surface area contributed by atoms with Crippen LogP contribution in [0.4, 0.5) is 0 Å². The number of rotatable bonds is 11. The summed E-state index contributed by atoms with van der Waals surface area (Å²) in [5.74, 6) is -0.0451. The normalized spacial score (nSPS) is 26.9. The van der Waals surface area contributed by atoms with Crippen LogP contribution in [0.1, 0.15) is 87.8 Å². The van der Waals surface area contributed by atoms with Gasteiger partial charge in [-0.1, -0.05) is 91.0 Å². The van der Waals surface area contributed by atoms with Gasteiger partial charge in [-0.15, -0.1) is 0 Å². The van der Waals surface area contributed by atoms with Crippen LogP contribution in [0.25, 0.3) is 0 Å². The predicted octanol–water partition coefficient (Wildman–Crippen LogP) is 2.42. The van der Waals surface area contributed by atoms with Crippen molar-refractivity contribution in [2.75, 3.05) is 26.2 Å². The number of amides is 3. The fourth-order valence-corrected chi connectivity index (χ4v) is 10.6. The number of halogens is 1. The maximum Gasteiger partial charge on any atom is 0.246 e. The Morgan fingerprint density at radius 2 is 1.30 bits per heavy atom. The highest BCUT2D eigenvalue weighted by atomic mass is 79.9. The average Bonchev–Trinajstić information content (AvgIpc) is 4.12. The summed E-state index contributed by atoms with van der Waals surface area (Å²) in [4.78, 5) is 46.3. The van der Waals surface area contributed by atoms with Gasteiger partial charge in [0, 0.05) is 64.1 Å². The summed E-state index contributed by atoms with van der Waals surface area (Å²) in [6.07, 6.45) is 8.57. The molecule has 5 fully saturated rings. The van der Waals surface area contributed by atoms with E-state index in [-0.39, 0.29) is 54.1 Å². The molecule has 2 aliphatic carbocycles. The molecule has 3 saturated heterocycles. The van der Waals surface area contributed by atoms with E-state index in [1.165, 1.54) is 43.1 Å². The fourth-order valence-electron chi connectivity index (χ4n) is 10.6. The SMILES string of the molecule is CC1[C@@H](CNC(=O)[C@H]2CCCN2C(=O)[C@@H]2C[C@@H](O)CN2C(=O)CC(c2ccccc2)(c2ccccc2)c2ccccc2)CCC[N+]1(C1CC1)C1CC1.[Br-]. The zero-order valence-corrected chi connectivity index (χ0v) is 32.6. The van der Waals surface area contributed by atoms with Crippen molar-refractivity contribution in [1.82, 2.24) is 15.1 Å². The first-order valence-electron chi connectivity index (χ1n) is 19.9. The second-order valence-electron chi connectivity index (χ2n) is 16.4. The Bertz CT molecular complexity index is 1630. The van der Waals surface area contributed by atoms with Gasteiger partial charge in [0.25, 0.3) is 0 Å². The summed E-state index contributed by atoms with van der Waals surface area (Å²) in [6, 6.07) is 31.1. The standard InChI is InChI=1S/C44H54N4O4.BrH/c1-31-32(13-12-26-48(31,36-21-22-36)37-23-24-37)29-45-42(51)39-20-11-25-46(39)43(52)40-27-38(49)30-47(40)41(50)28-44(33-14-5-2-6-15-33,34-16-7-3-8-17-34)35-18-9-4-10-19-35;/h2-10,14-19,31-32,36-40,49H,11-13,20-30H2,1H3;1H/t31?,32-,38-,39-,40+;/m1./s1. The van der Waals surface area contributed by atoms with Gasteiger partial charge in [0.1, 0.15) is 12.1 Å². The number of β-amino-alcohol motifs (C(OH)–C–C–N with tert-alkyl or cyclic N) is 1. The molecule has 282 valence electrons. The first kappa shape index (κ1) is 37.8. The lowest BCUT2D eigenvalue weighted by atomic mass is 9.67. The van der Waals surface area contributed by atoms with E-state index in [0.717, 1.165) is 41.6 Å². The largest absolute Gasteiger partial charge is 1.00 e. The summed E-state index contributed by atoms with van der Waals surface area (Å²) in [5, 5.41) is 14.3. The minimum atomic E-state index is -0.816. The van der Waals surface area contributed by atoms with Crippen LogP contribution in [0.3, 0.4) is 0 Å². The average molecular weight is 784 g/mol. The molecule has 0 bridgehead atoms. The predicted molar refractivity (Wildman–Crippen MR) is 201 cm³/mol. The topological polar surface area (TPSA) is 89.9 Å². The minimum absolute atomic E-state index is 0. The molecule has 3 aromatic rings. The molecular formula is C44H55BrN4O4. The molecule has 0 spiro atoms. The Labute approximate surface area is 325 Å². The van der Waals surface area contributed by atoms with Crippen LogP contribution in [0, 0.1) is 5.92 Å². The molecule has 3 aliphatic heterocycles. The van der Waals surface area contributed by atoms with Crippen molar-refractivity contribution >= 4 is 17.7 Å². The van der Waals surface area contributed by atoms with E-state index < -0.39 is 23.6 Å². The Hall–Kier alpha value is -3.53. The Balaban J connectivity index is 0.00000435. The molecule has 3 amide bonds. The molecule has 8 rings (SSSR count). The Kier molecular flexibility index (Phi) is 11.2. The summed E-state index contributed by atoms with van der Waals surface area (Å²) in [5.41, 5.74) is 2.13. The molecule has 3 aromatic carbocycles. The highest BCUT2D eigenvalue weighted by molar-refractivity contribution is 5.93. The van der Waals surface area contributed by atoms with Gasteiger partial charge in [-0.25, -0.2) is 0 Å². The number of nitrogens with zero attached hydrogens (tertiary/aromatic N) is 3. The van der Waals surface area contributed by atoms with Crippen molar-refractivity contribution in [2.24, 2.45) is 5.92 Å². The van der Waals surface area contributed by atoms with E-state index >= 15 is 0 Å². The second kappa shape index (κ2) is 15.7. The number of hydrogen-bond donors (Lipinski definition) is 2. The number of nitrogens with one attached hydrogen (secondary N) is 1. The Morgan fingerprint density at radius 1 is 0.755 bits per heavy atom. The number of hydrogen-bond acceptors (Lipinski definition) is 4. The Morgan fingerprint density at radius 3 is 1.83 bits per heavy atom. The molecule has 9 heteroatoms. The number of aliphatic hydroxyl groups is 1. The molecule has 1 unspecified atom stereocenters.